The highest BCUT2D eigenvalue weighted by molar-refractivity contribution is 5.68. The second kappa shape index (κ2) is 4.48. The molecular weight excluding hydrogens is 218 g/mol. The number of carbonyl (C=O) groups excluding carboxylic acids is 1. The van der Waals surface area contributed by atoms with Crippen LogP contribution in [0.4, 0.5) is 4.79 Å². The van der Waals surface area contributed by atoms with Crippen molar-refractivity contribution in [2.75, 3.05) is 19.7 Å². The van der Waals surface area contributed by atoms with Crippen molar-refractivity contribution in [3.8, 4) is 0 Å². The molecule has 2 atom stereocenters. The summed E-state index contributed by atoms with van der Waals surface area (Å²) < 4.78 is 5.39. The van der Waals surface area contributed by atoms with Gasteiger partial charge in [0.15, 0.2) is 0 Å². The van der Waals surface area contributed by atoms with Crippen molar-refractivity contribution in [2.24, 2.45) is 17.8 Å². The zero-order valence-electron chi connectivity index (χ0n) is 11.0. The minimum absolute atomic E-state index is 0.203. The summed E-state index contributed by atoms with van der Waals surface area (Å²) in [5, 5.41) is 9.35. The molecule has 1 amide bonds. The maximum Gasteiger partial charge on any atom is 0.410 e. The van der Waals surface area contributed by atoms with Crippen LogP contribution in [0.5, 0.6) is 0 Å². The summed E-state index contributed by atoms with van der Waals surface area (Å²) in [5.74, 6) is 1.33. The lowest BCUT2D eigenvalue weighted by Crippen LogP contribution is -2.47. The summed E-state index contributed by atoms with van der Waals surface area (Å²) in [4.78, 5) is 13.8. The molecule has 4 heteroatoms. The monoisotopic (exact) mass is 241 g/mol. The van der Waals surface area contributed by atoms with Gasteiger partial charge in [0.2, 0.25) is 0 Å². The maximum absolute atomic E-state index is 12.0. The first-order chi connectivity index (χ1) is 7.90. The largest absolute Gasteiger partial charge is 0.444 e. The third-order valence-electron chi connectivity index (χ3n) is 3.89. The molecule has 98 valence electrons. The average molecular weight is 241 g/mol. The van der Waals surface area contributed by atoms with Crippen molar-refractivity contribution in [3.05, 3.63) is 0 Å². The van der Waals surface area contributed by atoms with Crippen LogP contribution in [0.2, 0.25) is 0 Å². The average Bonchev–Trinajstić information content (AvgIpc) is 2.44. The number of aliphatic hydroxyl groups is 1. The number of rotatable bonds is 1. The second-order valence-electron chi connectivity index (χ2n) is 6.33. The molecular formula is C13H23NO3. The van der Waals surface area contributed by atoms with Gasteiger partial charge in [-0.1, -0.05) is 0 Å². The Kier molecular flexibility index (Phi) is 3.34. The molecule has 1 saturated heterocycles. The molecule has 0 spiro atoms. The lowest BCUT2D eigenvalue weighted by Gasteiger charge is -2.37. The van der Waals surface area contributed by atoms with E-state index in [1.54, 1.807) is 0 Å². The highest BCUT2D eigenvalue weighted by Gasteiger charge is 2.43. The van der Waals surface area contributed by atoms with Crippen molar-refractivity contribution in [1.82, 2.24) is 4.90 Å². The van der Waals surface area contributed by atoms with E-state index in [0.29, 0.717) is 17.8 Å². The van der Waals surface area contributed by atoms with Gasteiger partial charge in [-0.25, -0.2) is 4.79 Å². The maximum atomic E-state index is 12.0. The Bertz CT molecular complexity index is 284. The van der Waals surface area contributed by atoms with Crippen LogP contribution in [-0.4, -0.2) is 41.4 Å². The summed E-state index contributed by atoms with van der Waals surface area (Å²) in [6.07, 6.45) is 2.07. The van der Waals surface area contributed by atoms with E-state index in [-0.39, 0.29) is 12.7 Å². The van der Waals surface area contributed by atoms with E-state index in [9.17, 15) is 9.90 Å². The first-order valence-electron chi connectivity index (χ1n) is 6.49. The number of ether oxygens (including phenoxy) is 1. The van der Waals surface area contributed by atoms with Crippen LogP contribution in [-0.2, 0) is 4.74 Å². The molecule has 1 aliphatic heterocycles. The van der Waals surface area contributed by atoms with Gasteiger partial charge in [-0.05, 0) is 51.4 Å². The molecule has 2 unspecified atom stereocenters. The molecule has 2 bridgehead atoms. The molecule has 0 aromatic rings. The van der Waals surface area contributed by atoms with Crippen molar-refractivity contribution in [2.45, 2.75) is 39.2 Å². The van der Waals surface area contributed by atoms with Gasteiger partial charge >= 0.3 is 6.09 Å². The predicted octanol–water partition coefficient (Wildman–Crippen LogP) is 1.87. The fourth-order valence-electron chi connectivity index (χ4n) is 3.11. The number of aliphatic hydroxyl groups excluding tert-OH is 1. The van der Waals surface area contributed by atoms with Gasteiger partial charge in [0.25, 0.3) is 0 Å². The number of fused-ring (bicyclic) bond motifs is 2. The Morgan fingerprint density at radius 3 is 2.24 bits per heavy atom. The van der Waals surface area contributed by atoms with E-state index in [1.807, 2.05) is 25.7 Å². The zero-order valence-corrected chi connectivity index (χ0v) is 11.0. The van der Waals surface area contributed by atoms with Crippen LogP contribution in [0, 0.1) is 17.8 Å². The van der Waals surface area contributed by atoms with E-state index in [4.69, 9.17) is 4.74 Å². The van der Waals surface area contributed by atoms with Gasteiger partial charge in [0.05, 0.1) is 0 Å². The standard InChI is InChI=1S/C13H23NO3/c1-13(2,3)17-12(16)14-6-9-4-5-10(7-14)11(9)8-15/h9-11,15H,4-8H2,1-3H3. The van der Waals surface area contributed by atoms with E-state index in [1.165, 1.54) is 0 Å². The third-order valence-corrected chi connectivity index (χ3v) is 3.89. The SMILES string of the molecule is CC(C)(C)OC(=O)N1CC2CCC(C1)C2CO. The Morgan fingerprint density at radius 2 is 1.82 bits per heavy atom. The highest BCUT2D eigenvalue weighted by atomic mass is 16.6. The van der Waals surface area contributed by atoms with E-state index in [0.717, 1.165) is 25.9 Å². The first kappa shape index (κ1) is 12.7. The van der Waals surface area contributed by atoms with Gasteiger partial charge in [0.1, 0.15) is 5.60 Å². The van der Waals surface area contributed by atoms with E-state index in [2.05, 4.69) is 0 Å². The van der Waals surface area contributed by atoms with Crippen LogP contribution in [0.25, 0.3) is 0 Å². The van der Waals surface area contributed by atoms with Crippen molar-refractivity contribution >= 4 is 6.09 Å². The molecule has 0 aromatic heterocycles. The fraction of sp³-hybridized carbons (Fsp3) is 0.923. The topological polar surface area (TPSA) is 49.8 Å². The Balaban J connectivity index is 1.96. The van der Waals surface area contributed by atoms with Crippen molar-refractivity contribution < 1.29 is 14.6 Å². The molecule has 2 rings (SSSR count). The van der Waals surface area contributed by atoms with Crippen LogP contribution in [0.1, 0.15) is 33.6 Å². The van der Waals surface area contributed by atoms with Crippen molar-refractivity contribution in [1.29, 1.82) is 0 Å². The summed E-state index contributed by atoms with van der Waals surface area (Å²) in [6, 6.07) is 0. The molecule has 1 heterocycles. The number of piperidine rings is 1. The minimum atomic E-state index is -0.427. The molecule has 17 heavy (non-hydrogen) atoms. The Labute approximate surface area is 103 Å². The number of hydrogen-bond acceptors (Lipinski definition) is 3. The number of hydrogen-bond donors (Lipinski definition) is 1. The van der Waals surface area contributed by atoms with Gasteiger partial charge in [0, 0.05) is 19.7 Å². The molecule has 1 N–H and O–H groups in total. The molecule has 0 radical (unpaired) electrons. The van der Waals surface area contributed by atoms with Gasteiger partial charge < -0.3 is 14.7 Å². The summed E-state index contributed by atoms with van der Waals surface area (Å²) >= 11 is 0. The highest BCUT2D eigenvalue weighted by Crippen LogP contribution is 2.41. The molecule has 4 nitrogen and oxygen atoms in total. The van der Waals surface area contributed by atoms with Crippen LogP contribution >= 0.6 is 0 Å². The molecule has 0 aromatic carbocycles. The number of carbonyl (C=O) groups is 1. The fourth-order valence-corrected chi connectivity index (χ4v) is 3.11. The minimum Gasteiger partial charge on any atom is -0.444 e. The quantitative estimate of drug-likeness (QED) is 0.762. The van der Waals surface area contributed by atoms with E-state index >= 15 is 0 Å². The predicted molar refractivity (Wildman–Crippen MR) is 64.6 cm³/mol. The lowest BCUT2D eigenvalue weighted by molar-refractivity contribution is 0.00194. The molecule has 1 aliphatic carbocycles. The normalized spacial score (nSPS) is 32.7. The molecule has 2 fully saturated rings. The lowest BCUT2D eigenvalue weighted by atomic mass is 9.86. The first-order valence-corrected chi connectivity index (χ1v) is 6.49. The Morgan fingerprint density at radius 1 is 1.29 bits per heavy atom. The van der Waals surface area contributed by atoms with Crippen molar-refractivity contribution in [3.63, 3.8) is 0 Å². The third kappa shape index (κ3) is 2.73. The summed E-state index contributed by atoms with van der Waals surface area (Å²) in [6.45, 7) is 7.42. The van der Waals surface area contributed by atoms with Crippen LogP contribution < -0.4 is 0 Å². The summed E-state index contributed by atoms with van der Waals surface area (Å²) in [5.41, 5.74) is -0.427. The van der Waals surface area contributed by atoms with Gasteiger partial charge in [-0.2, -0.15) is 0 Å². The number of likely N-dealkylation sites (tertiary alicyclic amines) is 1. The van der Waals surface area contributed by atoms with Gasteiger partial charge in [-0.3, -0.25) is 0 Å². The van der Waals surface area contributed by atoms with E-state index < -0.39 is 5.60 Å². The van der Waals surface area contributed by atoms with Crippen LogP contribution in [0.3, 0.4) is 0 Å². The second-order valence-corrected chi connectivity index (χ2v) is 6.33. The smallest absolute Gasteiger partial charge is 0.410 e. The Hall–Kier alpha value is -0.770. The number of amides is 1. The van der Waals surface area contributed by atoms with Gasteiger partial charge in [-0.15, -0.1) is 0 Å². The molecule has 2 aliphatic rings. The molecule has 1 saturated carbocycles. The summed E-state index contributed by atoms with van der Waals surface area (Å²) in [7, 11) is 0. The van der Waals surface area contributed by atoms with Crippen LogP contribution in [0.15, 0.2) is 0 Å². The number of nitrogens with zero attached hydrogens (tertiary/aromatic N) is 1. The zero-order chi connectivity index (χ0) is 12.6.